The van der Waals surface area contributed by atoms with Crippen molar-refractivity contribution in [2.24, 2.45) is 11.7 Å². The van der Waals surface area contributed by atoms with Gasteiger partial charge in [-0.3, -0.25) is 9.59 Å². The number of para-hydroxylation sites is 1. The summed E-state index contributed by atoms with van der Waals surface area (Å²) >= 11 is 0. The van der Waals surface area contributed by atoms with E-state index in [1.165, 1.54) is 0 Å². The molecule has 1 unspecified atom stereocenters. The van der Waals surface area contributed by atoms with E-state index in [9.17, 15) is 9.59 Å². The molecule has 3 rings (SSSR count). The third-order valence-electron chi connectivity index (χ3n) is 5.01. The Bertz CT molecular complexity index is 758. The summed E-state index contributed by atoms with van der Waals surface area (Å²) < 4.78 is 0. The first-order valence-corrected chi connectivity index (χ1v) is 8.98. The van der Waals surface area contributed by atoms with Gasteiger partial charge in [0.1, 0.15) is 5.54 Å². The molecule has 2 aromatic carbocycles. The van der Waals surface area contributed by atoms with E-state index in [1.54, 1.807) is 11.8 Å². The Morgan fingerprint density at radius 3 is 2.07 bits per heavy atom. The summed E-state index contributed by atoms with van der Waals surface area (Å²) in [4.78, 5) is 27.1. The van der Waals surface area contributed by atoms with E-state index in [0.29, 0.717) is 25.9 Å². The second-order valence-corrected chi connectivity index (χ2v) is 6.99. The molecule has 1 saturated heterocycles. The monoisotopic (exact) mass is 387 g/mol. The fourth-order valence-electron chi connectivity index (χ4n) is 3.35. The van der Waals surface area contributed by atoms with Crippen LogP contribution in [0.4, 0.5) is 5.69 Å². The Hall–Kier alpha value is -2.37. The fourth-order valence-corrected chi connectivity index (χ4v) is 3.35. The molecule has 0 saturated carbocycles. The second kappa shape index (κ2) is 9.02. The number of nitrogens with two attached hydrogens (primary N) is 1. The van der Waals surface area contributed by atoms with Gasteiger partial charge in [0, 0.05) is 24.7 Å². The number of likely N-dealkylation sites (tertiary alicyclic amines) is 1. The van der Waals surface area contributed by atoms with E-state index in [0.717, 1.165) is 11.3 Å². The van der Waals surface area contributed by atoms with Crippen LogP contribution in [0.5, 0.6) is 0 Å². The lowest BCUT2D eigenvalue weighted by Crippen LogP contribution is -2.53. The maximum Gasteiger partial charge on any atom is 0.246 e. The Balaban J connectivity index is 0.00000261. The van der Waals surface area contributed by atoms with E-state index in [4.69, 9.17) is 5.73 Å². The van der Waals surface area contributed by atoms with Crippen LogP contribution in [0.2, 0.25) is 0 Å². The van der Waals surface area contributed by atoms with Gasteiger partial charge in [-0.2, -0.15) is 0 Å². The predicted octanol–water partition coefficient (Wildman–Crippen LogP) is 3.16. The van der Waals surface area contributed by atoms with E-state index >= 15 is 0 Å². The van der Waals surface area contributed by atoms with Crippen molar-refractivity contribution in [3.05, 3.63) is 66.2 Å². The molecule has 27 heavy (non-hydrogen) atoms. The van der Waals surface area contributed by atoms with Crippen LogP contribution >= 0.6 is 12.4 Å². The normalized spacial score (nSPS) is 16.7. The van der Waals surface area contributed by atoms with Crippen LogP contribution in [0.25, 0.3) is 0 Å². The molecule has 1 heterocycles. The number of nitrogens with one attached hydrogen (secondary N) is 1. The Kier molecular flexibility index (Phi) is 6.99. The summed E-state index contributed by atoms with van der Waals surface area (Å²) in [5.41, 5.74) is 6.88. The first kappa shape index (κ1) is 20.9. The van der Waals surface area contributed by atoms with Crippen LogP contribution in [-0.4, -0.2) is 29.8 Å². The lowest BCUT2D eigenvalue weighted by Gasteiger charge is -2.36. The minimum atomic E-state index is -1.06. The van der Waals surface area contributed by atoms with Gasteiger partial charge < -0.3 is 16.0 Å². The quantitative estimate of drug-likeness (QED) is 0.846. The smallest absolute Gasteiger partial charge is 0.246 e. The molecule has 2 aromatic rings. The topological polar surface area (TPSA) is 75.4 Å². The highest BCUT2D eigenvalue weighted by atomic mass is 35.5. The Labute approximate surface area is 166 Å². The molecule has 0 aliphatic carbocycles. The molecule has 3 N–H and O–H groups in total. The maximum absolute atomic E-state index is 12.9. The van der Waals surface area contributed by atoms with E-state index in [-0.39, 0.29) is 30.1 Å². The molecule has 1 atom stereocenters. The van der Waals surface area contributed by atoms with Crippen molar-refractivity contribution in [2.75, 3.05) is 18.4 Å². The summed E-state index contributed by atoms with van der Waals surface area (Å²) in [5.74, 6) is -0.160. The second-order valence-electron chi connectivity index (χ2n) is 6.99. The van der Waals surface area contributed by atoms with Gasteiger partial charge in [0.25, 0.3) is 0 Å². The van der Waals surface area contributed by atoms with Crippen molar-refractivity contribution in [3.63, 3.8) is 0 Å². The minimum absolute atomic E-state index is 0. The predicted molar refractivity (Wildman–Crippen MR) is 110 cm³/mol. The molecule has 1 aliphatic heterocycles. The zero-order valence-corrected chi connectivity index (χ0v) is 16.2. The number of piperidine rings is 1. The van der Waals surface area contributed by atoms with Crippen LogP contribution in [0.1, 0.15) is 25.3 Å². The van der Waals surface area contributed by atoms with Gasteiger partial charge in [0.05, 0.1) is 0 Å². The average Bonchev–Trinajstić information content (AvgIpc) is 2.69. The minimum Gasteiger partial charge on any atom is -0.341 e. The van der Waals surface area contributed by atoms with Crippen LogP contribution in [0, 0.1) is 5.92 Å². The molecule has 1 fully saturated rings. The number of benzene rings is 2. The van der Waals surface area contributed by atoms with Gasteiger partial charge in [0.2, 0.25) is 11.8 Å². The summed E-state index contributed by atoms with van der Waals surface area (Å²) in [6.07, 6.45) is 1.30. The van der Waals surface area contributed by atoms with Crippen molar-refractivity contribution >= 4 is 29.9 Å². The molecule has 2 amide bonds. The summed E-state index contributed by atoms with van der Waals surface area (Å²) in [6.45, 7) is 2.84. The molecule has 0 radical (unpaired) electrons. The van der Waals surface area contributed by atoms with Gasteiger partial charge in [0.15, 0.2) is 0 Å². The number of amides is 2. The SMILES string of the molecule is CC(N)(C(=O)N1CCC(C(=O)Nc2ccccc2)CC1)c1ccccc1.Cl. The number of anilines is 1. The van der Waals surface area contributed by atoms with Crippen molar-refractivity contribution < 1.29 is 9.59 Å². The van der Waals surface area contributed by atoms with Crippen LogP contribution in [0.3, 0.4) is 0 Å². The van der Waals surface area contributed by atoms with Crippen molar-refractivity contribution in [1.82, 2.24) is 4.90 Å². The van der Waals surface area contributed by atoms with Crippen molar-refractivity contribution in [2.45, 2.75) is 25.3 Å². The van der Waals surface area contributed by atoms with E-state index in [1.807, 2.05) is 60.7 Å². The lowest BCUT2D eigenvalue weighted by atomic mass is 9.89. The molecule has 0 bridgehead atoms. The van der Waals surface area contributed by atoms with E-state index < -0.39 is 5.54 Å². The molecule has 0 aromatic heterocycles. The Morgan fingerprint density at radius 1 is 1.00 bits per heavy atom. The molecule has 0 spiro atoms. The number of hydrogen-bond acceptors (Lipinski definition) is 3. The number of rotatable bonds is 4. The number of carbonyl (C=O) groups excluding carboxylic acids is 2. The molecular weight excluding hydrogens is 362 g/mol. The van der Waals surface area contributed by atoms with Crippen molar-refractivity contribution in [1.29, 1.82) is 0 Å². The summed E-state index contributed by atoms with van der Waals surface area (Å²) in [6, 6.07) is 18.9. The molecular formula is C21H26ClN3O2. The van der Waals surface area contributed by atoms with Gasteiger partial charge >= 0.3 is 0 Å². The zero-order chi connectivity index (χ0) is 18.6. The first-order chi connectivity index (χ1) is 12.5. The highest BCUT2D eigenvalue weighted by Gasteiger charge is 2.37. The fraction of sp³-hybridized carbons (Fsp3) is 0.333. The van der Waals surface area contributed by atoms with Gasteiger partial charge in [-0.25, -0.2) is 0 Å². The zero-order valence-electron chi connectivity index (χ0n) is 15.4. The number of nitrogens with zero attached hydrogens (tertiary/aromatic N) is 1. The molecule has 5 nitrogen and oxygen atoms in total. The van der Waals surface area contributed by atoms with Gasteiger partial charge in [-0.05, 0) is 37.5 Å². The standard InChI is InChI=1S/C21H25N3O2.ClH/c1-21(22,17-8-4-2-5-9-17)20(26)24-14-12-16(13-15-24)19(25)23-18-10-6-3-7-11-18;/h2-11,16H,12-15,22H2,1H3,(H,23,25);1H. The molecule has 6 heteroatoms. The largest absolute Gasteiger partial charge is 0.341 e. The van der Waals surface area contributed by atoms with Gasteiger partial charge in [-0.15, -0.1) is 12.4 Å². The van der Waals surface area contributed by atoms with Crippen molar-refractivity contribution in [3.8, 4) is 0 Å². The summed E-state index contributed by atoms with van der Waals surface area (Å²) in [7, 11) is 0. The lowest BCUT2D eigenvalue weighted by molar-refractivity contribution is -0.139. The van der Waals surface area contributed by atoms with Crippen LogP contribution in [-0.2, 0) is 15.1 Å². The molecule has 144 valence electrons. The first-order valence-electron chi connectivity index (χ1n) is 8.98. The van der Waals surface area contributed by atoms with Crippen LogP contribution in [0.15, 0.2) is 60.7 Å². The highest BCUT2D eigenvalue weighted by molar-refractivity contribution is 5.93. The van der Waals surface area contributed by atoms with Gasteiger partial charge in [-0.1, -0.05) is 48.5 Å². The third kappa shape index (κ3) is 4.87. The van der Waals surface area contributed by atoms with Crippen LogP contribution < -0.4 is 11.1 Å². The summed E-state index contributed by atoms with van der Waals surface area (Å²) in [5, 5.41) is 2.94. The Morgan fingerprint density at radius 2 is 1.52 bits per heavy atom. The third-order valence-corrected chi connectivity index (χ3v) is 5.01. The average molecular weight is 388 g/mol. The maximum atomic E-state index is 12.9. The number of hydrogen-bond donors (Lipinski definition) is 2. The highest BCUT2D eigenvalue weighted by Crippen LogP contribution is 2.25. The van der Waals surface area contributed by atoms with E-state index in [2.05, 4.69) is 5.32 Å². The molecule has 1 aliphatic rings. The number of halogens is 1. The number of carbonyl (C=O) groups is 2.